The lowest BCUT2D eigenvalue weighted by Gasteiger charge is -2.35. The molecule has 3 nitrogen and oxygen atoms in total. The van der Waals surface area contributed by atoms with Crippen molar-refractivity contribution in [3.63, 3.8) is 0 Å². The zero-order chi connectivity index (χ0) is 14.4. The zero-order valence-electron chi connectivity index (χ0n) is 11.9. The Morgan fingerprint density at radius 1 is 1.42 bits per heavy atom. The molecular formula is C15H22ClNO2. The number of allylic oxidation sites excluding steroid dienone is 5. The monoisotopic (exact) mass is 283 g/mol. The molecule has 1 heterocycles. The third kappa shape index (κ3) is 4.51. The van der Waals surface area contributed by atoms with Crippen LogP contribution >= 0.6 is 11.6 Å². The Morgan fingerprint density at radius 3 is 2.63 bits per heavy atom. The lowest BCUT2D eigenvalue weighted by atomic mass is 9.80. The maximum absolute atomic E-state index is 11.9. The number of carbonyl (C=O) groups is 1. The SMILES string of the molecule is C=C(Cl)/C=C\C(=C/C)C1CCN(C)CC1C(=O)OC. The maximum Gasteiger partial charge on any atom is 0.310 e. The average molecular weight is 284 g/mol. The minimum atomic E-state index is -0.144. The van der Waals surface area contributed by atoms with E-state index in [2.05, 4.69) is 11.5 Å². The van der Waals surface area contributed by atoms with Gasteiger partial charge in [0.25, 0.3) is 0 Å². The quantitative estimate of drug-likeness (QED) is 0.587. The highest BCUT2D eigenvalue weighted by molar-refractivity contribution is 6.30. The summed E-state index contributed by atoms with van der Waals surface area (Å²) in [6, 6.07) is 0. The number of piperidine rings is 1. The van der Waals surface area contributed by atoms with Gasteiger partial charge in [0.2, 0.25) is 0 Å². The van der Waals surface area contributed by atoms with E-state index in [4.69, 9.17) is 16.3 Å². The summed E-state index contributed by atoms with van der Waals surface area (Å²) in [5.74, 6) is -0.0851. The van der Waals surface area contributed by atoms with Crippen molar-refractivity contribution in [1.82, 2.24) is 4.90 Å². The molecule has 1 aliphatic rings. The van der Waals surface area contributed by atoms with Gasteiger partial charge in [0, 0.05) is 11.6 Å². The van der Waals surface area contributed by atoms with Crippen LogP contribution < -0.4 is 0 Å². The van der Waals surface area contributed by atoms with E-state index in [1.807, 2.05) is 26.1 Å². The second-order valence-electron chi connectivity index (χ2n) is 4.86. The Morgan fingerprint density at radius 2 is 2.11 bits per heavy atom. The predicted octanol–water partition coefficient (Wildman–Crippen LogP) is 2.98. The van der Waals surface area contributed by atoms with Crippen molar-refractivity contribution in [2.75, 3.05) is 27.2 Å². The first-order chi connectivity index (χ1) is 8.99. The molecule has 0 amide bonds. The second kappa shape index (κ2) is 7.51. The normalized spacial score (nSPS) is 25.6. The van der Waals surface area contributed by atoms with Crippen molar-refractivity contribution in [2.45, 2.75) is 13.3 Å². The third-order valence-electron chi connectivity index (χ3n) is 3.54. The van der Waals surface area contributed by atoms with Crippen LogP contribution in [0.4, 0.5) is 0 Å². The largest absolute Gasteiger partial charge is 0.469 e. The highest BCUT2D eigenvalue weighted by atomic mass is 35.5. The molecule has 0 aromatic carbocycles. The van der Waals surface area contributed by atoms with E-state index in [1.54, 1.807) is 6.08 Å². The highest BCUT2D eigenvalue weighted by Crippen LogP contribution is 2.31. The molecule has 0 radical (unpaired) electrons. The fourth-order valence-electron chi connectivity index (χ4n) is 2.52. The van der Waals surface area contributed by atoms with Gasteiger partial charge in [0.05, 0.1) is 13.0 Å². The van der Waals surface area contributed by atoms with Gasteiger partial charge in [0.15, 0.2) is 0 Å². The Labute approximate surface area is 120 Å². The molecule has 0 spiro atoms. The maximum atomic E-state index is 11.9. The fourth-order valence-corrected chi connectivity index (χ4v) is 2.59. The first-order valence-corrected chi connectivity index (χ1v) is 6.82. The van der Waals surface area contributed by atoms with Gasteiger partial charge >= 0.3 is 5.97 Å². The molecule has 4 heteroatoms. The Bertz CT molecular complexity index is 401. The molecular weight excluding hydrogens is 262 g/mol. The van der Waals surface area contributed by atoms with E-state index in [0.717, 1.165) is 25.1 Å². The summed E-state index contributed by atoms with van der Waals surface area (Å²) in [5.41, 5.74) is 1.12. The van der Waals surface area contributed by atoms with Gasteiger partial charge in [-0.05, 0) is 44.5 Å². The zero-order valence-corrected chi connectivity index (χ0v) is 12.6. The number of hydrogen-bond donors (Lipinski definition) is 0. The van der Waals surface area contributed by atoms with Crippen LogP contribution in [0.3, 0.4) is 0 Å². The lowest BCUT2D eigenvalue weighted by molar-refractivity contribution is -0.148. The molecule has 1 fully saturated rings. The first kappa shape index (κ1) is 16.0. The minimum Gasteiger partial charge on any atom is -0.469 e. The molecule has 0 aliphatic carbocycles. The van der Waals surface area contributed by atoms with Crippen LogP contribution in [0, 0.1) is 11.8 Å². The molecule has 2 atom stereocenters. The number of esters is 1. The summed E-state index contributed by atoms with van der Waals surface area (Å²) in [7, 11) is 3.47. The highest BCUT2D eigenvalue weighted by Gasteiger charge is 2.35. The first-order valence-electron chi connectivity index (χ1n) is 6.44. The molecule has 1 saturated heterocycles. The summed E-state index contributed by atoms with van der Waals surface area (Å²) in [5, 5.41) is 0.488. The average Bonchev–Trinajstić information content (AvgIpc) is 2.39. The molecule has 1 rings (SSSR count). The van der Waals surface area contributed by atoms with Gasteiger partial charge in [0.1, 0.15) is 0 Å². The summed E-state index contributed by atoms with van der Waals surface area (Å²) in [6.07, 6.45) is 6.68. The standard InChI is InChI=1S/C15H22ClNO2/c1-5-12(7-6-11(2)16)13-8-9-17(3)10-14(13)15(18)19-4/h5-7,13-14H,2,8-10H2,1,3-4H3/b7-6-,12-5+. The molecule has 1 aliphatic heterocycles. The minimum absolute atomic E-state index is 0.122. The van der Waals surface area contributed by atoms with Crippen LogP contribution in [-0.4, -0.2) is 38.1 Å². The molecule has 0 aromatic heterocycles. The molecule has 0 N–H and O–H groups in total. The molecule has 0 saturated carbocycles. The van der Waals surface area contributed by atoms with Crippen molar-refractivity contribution < 1.29 is 9.53 Å². The summed E-state index contributed by atoms with van der Waals surface area (Å²) in [6.45, 7) is 7.32. The summed E-state index contributed by atoms with van der Waals surface area (Å²) in [4.78, 5) is 14.1. The molecule has 19 heavy (non-hydrogen) atoms. The van der Waals surface area contributed by atoms with Gasteiger partial charge in [-0.3, -0.25) is 4.79 Å². The molecule has 0 aromatic rings. The Hall–Kier alpha value is -1.06. The van der Waals surface area contributed by atoms with E-state index in [-0.39, 0.29) is 17.8 Å². The topological polar surface area (TPSA) is 29.5 Å². The van der Waals surface area contributed by atoms with Crippen molar-refractivity contribution in [1.29, 1.82) is 0 Å². The van der Waals surface area contributed by atoms with Gasteiger partial charge in [-0.1, -0.05) is 30.3 Å². The van der Waals surface area contributed by atoms with Gasteiger partial charge in [-0.2, -0.15) is 0 Å². The van der Waals surface area contributed by atoms with Gasteiger partial charge < -0.3 is 9.64 Å². The van der Waals surface area contributed by atoms with Crippen molar-refractivity contribution >= 4 is 17.6 Å². The van der Waals surface area contributed by atoms with Crippen LogP contribution in [0.5, 0.6) is 0 Å². The van der Waals surface area contributed by atoms with Crippen LogP contribution in [0.2, 0.25) is 0 Å². The van der Waals surface area contributed by atoms with Gasteiger partial charge in [-0.15, -0.1) is 0 Å². The fraction of sp³-hybridized carbons (Fsp3) is 0.533. The van der Waals surface area contributed by atoms with E-state index >= 15 is 0 Å². The molecule has 106 valence electrons. The summed E-state index contributed by atoms with van der Waals surface area (Å²) >= 11 is 5.76. The second-order valence-corrected chi connectivity index (χ2v) is 5.34. The summed E-state index contributed by atoms with van der Waals surface area (Å²) < 4.78 is 4.93. The number of ether oxygens (including phenoxy) is 1. The van der Waals surface area contributed by atoms with Gasteiger partial charge in [-0.25, -0.2) is 0 Å². The number of halogens is 1. The molecule has 2 unspecified atom stereocenters. The van der Waals surface area contributed by atoms with E-state index < -0.39 is 0 Å². The van der Waals surface area contributed by atoms with Crippen LogP contribution in [0.25, 0.3) is 0 Å². The van der Waals surface area contributed by atoms with E-state index in [1.165, 1.54) is 7.11 Å². The number of hydrogen-bond acceptors (Lipinski definition) is 3. The van der Waals surface area contributed by atoms with E-state index in [0.29, 0.717) is 5.03 Å². The van der Waals surface area contributed by atoms with Crippen molar-refractivity contribution in [3.8, 4) is 0 Å². The van der Waals surface area contributed by atoms with Crippen LogP contribution in [0.1, 0.15) is 13.3 Å². The van der Waals surface area contributed by atoms with Crippen LogP contribution in [0.15, 0.2) is 35.4 Å². The Kier molecular flexibility index (Phi) is 6.32. The van der Waals surface area contributed by atoms with E-state index in [9.17, 15) is 4.79 Å². The van der Waals surface area contributed by atoms with Crippen molar-refractivity contribution in [2.24, 2.45) is 11.8 Å². The third-order valence-corrected chi connectivity index (χ3v) is 3.66. The smallest absolute Gasteiger partial charge is 0.310 e. The molecule has 0 bridgehead atoms. The number of methoxy groups -OCH3 is 1. The predicted molar refractivity (Wildman–Crippen MR) is 79.0 cm³/mol. The van der Waals surface area contributed by atoms with Crippen LogP contribution in [-0.2, 0) is 9.53 Å². The number of likely N-dealkylation sites (tertiary alicyclic amines) is 1. The Balaban J connectivity index is 2.92. The van der Waals surface area contributed by atoms with Crippen molar-refractivity contribution in [3.05, 3.63) is 35.4 Å². The number of nitrogens with zero attached hydrogens (tertiary/aromatic N) is 1. The number of carbonyl (C=O) groups excluding carboxylic acids is 1. The lowest BCUT2D eigenvalue weighted by Crippen LogP contribution is -2.42. The number of rotatable bonds is 4.